The number of hydrogen-bond acceptors (Lipinski definition) is 3. The third kappa shape index (κ3) is 3.71. The van der Waals surface area contributed by atoms with Gasteiger partial charge in [0.1, 0.15) is 5.82 Å². The van der Waals surface area contributed by atoms with Crippen LogP contribution < -0.4 is 0 Å². The Bertz CT molecular complexity index is 904. The van der Waals surface area contributed by atoms with Crippen molar-refractivity contribution in [2.45, 2.75) is 39.2 Å². The van der Waals surface area contributed by atoms with Gasteiger partial charge in [0, 0.05) is 29.2 Å². The highest BCUT2D eigenvalue weighted by Gasteiger charge is 2.34. The van der Waals surface area contributed by atoms with Gasteiger partial charge in [0.25, 0.3) is 0 Å². The van der Waals surface area contributed by atoms with Crippen LogP contribution in [0.5, 0.6) is 0 Å². The maximum Gasteiger partial charge on any atom is 0.227 e. The van der Waals surface area contributed by atoms with Crippen LogP contribution in [-0.4, -0.2) is 48.3 Å². The minimum absolute atomic E-state index is 0.0419. The number of benzene rings is 1. The lowest BCUT2D eigenvalue weighted by Gasteiger charge is -2.28. The van der Waals surface area contributed by atoms with Crippen LogP contribution in [0.4, 0.5) is 4.39 Å². The van der Waals surface area contributed by atoms with Crippen molar-refractivity contribution in [2.24, 2.45) is 0 Å². The quantitative estimate of drug-likeness (QED) is 0.884. The van der Waals surface area contributed by atoms with E-state index in [9.17, 15) is 17.6 Å². The van der Waals surface area contributed by atoms with Crippen LogP contribution in [0.2, 0.25) is 0 Å². The maximum atomic E-state index is 13.6. The Morgan fingerprint density at radius 3 is 2.80 bits per heavy atom. The molecular weight excluding hydrogens is 343 g/mol. The van der Waals surface area contributed by atoms with E-state index in [4.69, 9.17) is 0 Å². The lowest BCUT2D eigenvalue weighted by Crippen LogP contribution is -2.42. The first kappa shape index (κ1) is 17.9. The van der Waals surface area contributed by atoms with E-state index in [2.05, 4.69) is 4.98 Å². The minimum atomic E-state index is -3.05. The van der Waals surface area contributed by atoms with Crippen molar-refractivity contribution in [3.8, 4) is 0 Å². The van der Waals surface area contributed by atoms with E-state index in [0.29, 0.717) is 18.4 Å². The number of carbonyl (C=O) groups excluding carboxylic acids is 1. The van der Waals surface area contributed by atoms with Gasteiger partial charge in [-0.2, -0.15) is 0 Å². The SMILES string of the molecule is CCCN(C(=O)Cc1c(C)[nH]c2ccc(F)cc12)C1CCS(=O)(=O)C1. The van der Waals surface area contributed by atoms with Crippen molar-refractivity contribution < 1.29 is 17.6 Å². The molecule has 5 nitrogen and oxygen atoms in total. The standard InChI is InChI=1S/C18H23FN2O3S/c1-3-7-21(14-6-8-25(23,24)11-14)18(22)10-15-12(2)20-17-5-4-13(19)9-16(15)17/h4-5,9,14,20H,3,6-8,10-11H2,1-2H3. The summed E-state index contributed by atoms with van der Waals surface area (Å²) in [6, 6.07) is 4.24. The Morgan fingerprint density at radius 2 is 2.16 bits per heavy atom. The highest BCUT2D eigenvalue weighted by molar-refractivity contribution is 7.91. The number of sulfone groups is 1. The van der Waals surface area contributed by atoms with Crippen LogP contribution in [0.15, 0.2) is 18.2 Å². The van der Waals surface area contributed by atoms with Gasteiger partial charge in [-0.25, -0.2) is 12.8 Å². The number of nitrogens with zero attached hydrogens (tertiary/aromatic N) is 1. The minimum Gasteiger partial charge on any atom is -0.358 e. The van der Waals surface area contributed by atoms with Crippen LogP contribution in [0.25, 0.3) is 10.9 Å². The lowest BCUT2D eigenvalue weighted by atomic mass is 10.1. The van der Waals surface area contributed by atoms with Crippen LogP contribution in [0.1, 0.15) is 31.0 Å². The van der Waals surface area contributed by atoms with Gasteiger partial charge in [-0.1, -0.05) is 6.92 Å². The Morgan fingerprint density at radius 1 is 1.40 bits per heavy atom. The molecule has 0 bridgehead atoms. The number of hydrogen-bond donors (Lipinski definition) is 1. The molecule has 1 fully saturated rings. The van der Waals surface area contributed by atoms with Gasteiger partial charge >= 0.3 is 0 Å². The smallest absolute Gasteiger partial charge is 0.227 e. The molecule has 1 aromatic carbocycles. The van der Waals surface area contributed by atoms with Gasteiger partial charge in [0.15, 0.2) is 9.84 Å². The number of carbonyl (C=O) groups is 1. The van der Waals surface area contributed by atoms with Crippen LogP contribution in [0, 0.1) is 12.7 Å². The van der Waals surface area contributed by atoms with Crippen molar-refractivity contribution >= 4 is 26.6 Å². The third-order valence-electron chi connectivity index (χ3n) is 4.84. The fourth-order valence-corrected chi connectivity index (χ4v) is 5.34. The zero-order chi connectivity index (χ0) is 18.2. The largest absolute Gasteiger partial charge is 0.358 e. The van der Waals surface area contributed by atoms with Crippen molar-refractivity contribution in [1.82, 2.24) is 9.88 Å². The van der Waals surface area contributed by atoms with E-state index >= 15 is 0 Å². The molecule has 7 heteroatoms. The topological polar surface area (TPSA) is 70.2 Å². The molecule has 2 aromatic rings. The van der Waals surface area contributed by atoms with Crippen molar-refractivity contribution in [3.63, 3.8) is 0 Å². The highest BCUT2D eigenvalue weighted by atomic mass is 32.2. The van der Waals surface area contributed by atoms with Crippen molar-refractivity contribution in [1.29, 1.82) is 0 Å². The number of amides is 1. The predicted molar refractivity (Wildman–Crippen MR) is 95.8 cm³/mol. The molecule has 0 spiro atoms. The molecule has 1 N–H and O–H groups in total. The number of nitrogens with one attached hydrogen (secondary N) is 1. The Hall–Kier alpha value is -1.89. The molecule has 1 amide bonds. The molecule has 0 saturated carbocycles. The average molecular weight is 366 g/mol. The average Bonchev–Trinajstić information content (AvgIpc) is 3.05. The normalized spacial score (nSPS) is 19.4. The summed E-state index contributed by atoms with van der Waals surface area (Å²) >= 11 is 0. The lowest BCUT2D eigenvalue weighted by molar-refractivity contribution is -0.132. The van der Waals surface area contributed by atoms with E-state index in [0.717, 1.165) is 23.2 Å². The molecule has 0 aliphatic carbocycles. The molecule has 0 radical (unpaired) electrons. The second-order valence-electron chi connectivity index (χ2n) is 6.74. The zero-order valence-corrected chi connectivity index (χ0v) is 15.3. The van der Waals surface area contributed by atoms with Crippen LogP contribution >= 0.6 is 0 Å². The summed E-state index contributed by atoms with van der Waals surface area (Å²) in [4.78, 5) is 17.8. The highest BCUT2D eigenvalue weighted by Crippen LogP contribution is 2.25. The van der Waals surface area contributed by atoms with E-state index in [1.54, 1.807) is 11.0 Å². The molecule has 1 unspecified atom stereocenters. The van der Waals surface area contributed by atoms with E-state index in [-0.39, 0.29) is 35.7 Å². The van der Waals surface area contributed by atoms with Gasteiger partial charge in [-0.3, -0.25) is 4.79 Å². The second-order valence-corrected chi connectivity index (χ2v) is 8.97. The second kappa shape index (κ2) is 6.78. The number of halogens is 1. The molecule has 1 atom stereocenters. The van der Waals surface area contributed by atoms with Crippen molar-refractivity contribution in [2.75, 3.05) is 18.1 Å². The first-order chi connectivity index (χ1) is 11.8. The summed E-state index contributed by atoms with van der Waals surface area (Å²) in [6.45, 7) is 4.37. The summed E-state index contributed by atoms with van der Waals surface area (Å²) in [5, 5.41) is 0.710. The summed E-state index contributed by atoms with van der Waals surface area (Å²) in [6.07, 6.45) is 1.41. The number of H-pyrrole nitrogens is 1. The zero-order valence-electron chi connectivity index (χ0n) is 14.5. The Labute approximate surface area is 147 Å². The number of aromatic nitrogens is 1. The summed E-state index contributed by atoms with van der Waals surface area (Å²) in [7, 11) is -3.05. The Balaban J connectivity index is 1.87. The number of fused-ring (bicyclic) bond motifs is 1. The molecule has 25 heavy (non-hydrogen) atoms. The molecular formula is C18H23FN2O3S. The van der Waals surface area contributed by atoms with Gasteiger partial charge < -0.3 is 9.88 Å². The fourth-order valence-electron chi connectivity index (χ4n) is 3.61. The molecule has 3 rings (SSSR count). The van der Waals surface area contributed by atoms with E-state index < -0.39 is 9.84 Å². The van der Waals surface area contributed by atoms with Gasteiger partial charge in [0.2, 0.25) is 5.91 Å². The van der Waals surface area contributed by atoms with Crippen LogP contribution in [-0.2, 0) is 21.1 Å². The molecule has 1 aliphatic rings. The van der Waals surface area contributed by atoms with Crippen molar-refractivity contribution in [3.05, 3.63) is 35.3 Å². The van der Waals surface area contributed by atoms with Gasteiger partial charge in [-0.15, -0.1) is 0 Å². The molecule has 1 saturated heterocycles. The molecule has 136 valence electrons. The van der Waals surface area contributed by atoms with E-state index in [1.807, 2.05) is 13.8 Å². The number of rotatable bonds is 5. The van der Waals surface area contributed by atoms with Crippen LogP contribution in [0.3, 0.4) is 0 Å². The number of aromatic amines is 1. The first-order valence-electron chi connectivity index (χ1n) is 8.57. The first-order valence-corrected chi connectivity index (χ1v) is 10.4. The monoisotopic (exact) mass is 366 g/mol. The summed E-state index contributed by atoms with van der Waals surface area (Å²) in [5.41, 5.74) is 2.41. The Kier molecular flexibility index (Phi) is 4.86. The third-order valence-corrected chi connectivity index (χ3v) is 6.59. The summed E-state index contributed by atoms with van der Waals surface area (Å²) < 4.78 is 37.1. The maximum absolute atomic E-state index is 13.6. The summed E-state index contributed by atoms with van der Waals surface area (Å²) in [5.74, 6) is -0.257. The molecule has 2 heterocycles. The molecule has 1 aliphatic heterocycles. The fraction of sp³-hybridized carbons (Fsp3) is 0.500. The van der Waals surface area contributed by atoms with E-state index in [1.165, 1.54) is 12.1 Å². The van der Waals surface area contributed by atoms with Gasteiger partial charge in [0.05, 0.1) is 17.9 Å². The van der Waals surface area contributed by atoms with Gasteiger partial charge in [-0.05, 0) is 43.5 Å². The molecule has 1 aromatic heterocycles. The number of aryl methyl sites for hydroxylation is 1. The predicted octanol–water partition coefficient (Wildman–Crippen LogP) is 2.58.